The van der Waals surface area contributed by atoms with Gasteiger partial charge in [-0.25, -0.2) is 8.42 Å². The van der Waals surface area contributed by atoms with E-state index in [0.29, 0.717) is 17.2 Å². The maximum Gasteiger partial charge on any atom is 0.212 e. The van der Waals surface area contributed by atoms with E-state index >= 15 is 0 Å². The summed E-state index contributed by atoms with van der Waals surface area (Å²) in [4.78, 5) is 16.6. The Morgan fingerprint density at radius 3 is 2.70 bits per heavy atom. The summed E-state index contributed by atoms with van der Waals surface area (Å²) in [5, 5.41) is 6.86. The second-order valence-electron chi connectivity index (χ2n) is 5.19. The zero-order valence-corrected chi connectivity index (χ0v) is 14.1. The van der Waals surface area contributed by atoms with E-state index in [-0.39, 0.29) is 22.1 Å². The fourth-order valence-corrected chi connectivity index (χ4v) is 4.86. The van der Waals surface area contributed by atoms with Gasteiger partial charge in [-0.2, -0.15) is 5.10 Å². The molecule has 1 N–H and O–H groups in total. The Morgan fingerprint density at radius 1 is 1.30 bits per heavy atom. The minimum atomic E-state index is -3.66. The number of thioether (sulfide) groups is 1. The van der Waals surface area contributed by atoms with Gasteiger partial charge in [0, 0.05) is 17.9 Å². The molecular weight excluding hydrogens is 334 g/mol. The van der Waals surface area contributed by atoms with Crippen molar-refractivity contribution in [3.05, 3.63) is 47.3 Å². The number of aromatic amines is 1. The average Bonchev–Trinajstić information content (AvgIpc) is 3.18. The van der Waals surface area contributed by atoms with Crippen molar-refractivity contribution in [1.82, 2.24) is 10.2 Å². The van der Waals surface area contributed by atoms with E-state index < -0.39 is 9.84 Å². The van der Waals surface area contributed by atoms with Crippen LogP contribution in [0.5, 0.6) is 0 Å². The molecule has 2 aromatic rings. The molecule has 8 heteroatoms. The van der Waals surface area contributed by atoms with Crippen LogP contribution in [0.4, 0.5) is 0 Å². The highest BCUT2D eigenvalue weighted by molar-refractivity contribution is 8.15. The van der Waals surface area contributed by atoms with Crippen molar-refractivity contribution >= 4 is 32.4 Å². The Balaban J connectivity index is 1.92. The lowest BCUT2D eigenvalue weighted by Crippen LogP contribution is -2.16. The third-order valence-electron chi connectivity index (χ3n) is 3.44. The summed E-state index contributed by atoms with van der Waals surface area (Å²) in [6, 6.07) is 6.96. The van der Waals surface area contributed by atoms with Gasteiger partial charge in [0.1, 0.15) is 16.3 Å². The lowest BCUT2D eigenvalue weighted by molar-refractivity contribution is 0.103. The number of nitrogens with one attached hydrogen (secondary N) is 1. The Hall–Kier alpha value is -1.93. The number of H-pyrrole nitrogens is 1. The smallest absolute Gasteiger partial charge is 0.212 e. The molecule has 120 valence electrons. The van der Waals surface area contributed by atoms with Crippen LogP contribution in [0.2, 0.25) is 0 Å². The molecular formula is C15H15N3O3S2. The molecule has 2 heterocycles. The number of hydrogen-bond donors (Lipinski definition) is 1. The SMILES string of the molecule is Cc1ccc(C(=O)c2[nH]ncc2S(=O)(=O)CC2=NCCS2)cc1. The van der Waals surface area contributed by atoms with E-state index in [0.717, 1.165) is 11.3 Å². The molecule has 1 aliphatic heterocycles. The van der Waals surface area contributed by atoms with Crippen molar-refractivity contribution in [2.75, 3.05) is 18.1 Å². The van der Waals surface area contributed by atoms with Gasteiger partial charge in [-0.3, -0.25) is 14.9 Å². The van der Waals surface area contributed by atoms with Crippen LogP contribution < -0.4 is 0 Å². The average molecular weight is 349 g/mol. The highest BCUT2D eigenvalue weighted by Gasteiger charge is 2.28. The van der Waals surface area contributed by atoms with Gasteiger partial charge in [0.15, 0.2) is 9.84 Å². The molecule has 0 fully saturated rings. The number of rotatable bonds is 5. The first-order valence-electron chi connectivity index (χ1n) is 7.01. The molecule has 0 bridgehead atoms. The minimum Gasteiger partial charge on any atom is -0.287 e. The number of hydrogen-bond acceptors (Lipinski definition) is 6. The lowest BCUT2D eigenvalue weighted by Gasteiger charge is -2.05. The molecule has 23 heavy (non-hydrogen) atoms. The standard InChI is InChI=1S/C15H15N3O3S2/c1-10-2-4-11(5-3-10)15(19)14-12(8-17-18-14)23(20,21)9-13-16-6-7-22-13/h2-5,8H,6-7,9H2,1H3,(H,17,18). The maximum atomic E-state index is 12.6. The molecule has 0 spiro atoms. The van der Waals surface area contributed by atoms with Crippen molar-refractivity contribution in [1.29, 1.82) is 0 Å². The van der Waals surface area contributed by atoms with E-state index in [2.05, 4.69) is 15.2 Å². The van der Waals surface area contributed by atoms with Crippen molar-refractivity contribution < 1.29 is 13.2 Å². The predicted molar refractivity (Wildman–Crippen MR) is 90.0 cm³/mol. The summed E-state index contributed by atoms with van der Waals surface area (Å²) in [6.45, 7) is 2.55. The first-order chi connectivity index (χ1) is 11.0. The predicted octanol–water partition coefficient (Wildman–Crippen LogP) is 1.87. The van der Waals surface area contributed by atoms with Gasteiger partial charge < -0.3 is 0 Å². The van der Waals surface area contributed by atoms with Gasteiger partial charge >= 0.3 is 0 Å². The summed E-state index contributed by atoms with van der Waals surface area (Å²) in [5.41, 5.74) is 1.44. The number of nitrogens with zero attached hydrogens (tertiary/aromatic N) is 2. The lowest BCUT2D eigenvalue weighted by atomic mass is 10.1. The van der Waals surface area contributed by atoms with Crippen LogP contribution in [0.1, 0.15) is 21.6 Å². The number of carbonyl (C=O) groups excluding carboxylic acids is 1. The van der Waals surface area contributed by atoms with Gasteiger partial charge in [-0.15, -0.1) is 11.8 Å². The van der Waals surface area contributed by atoms with Crippen LogP contribution in [0.15, 0.2) is 40.4 Å². The Bertz CT molecular complexity index is 868. The van der Waals surface area contributed by atoms with E-state index in [1.807, 2.05) is 19.1 Å². The van der Waals surface area contributed by atoms with Gasteiger partial charge in [0.25, 0.3) is 0 Å². The summed E-state index contributed by atoms with van der Waals surface area (Å²) < 4.78 is 25.1. The molecule has 0 atom stereocenters. The highest BCUT2D eigenvalue weighted by Crippen LogP contribution is 2.22. The van der Waals surface area contributed by atoms with Crippen LogP contribution in [0.25, 0.3) is 0 Å². The molecule has 0 saturated heterocycles. The molecule has 0 unspecified atom stereocenters. The number of aliphatic imine (C=N–C) groups is 1. The minimum absolute atomic E-state index is 0.00236. The van der Waals surface area contributed by atoms with Crippen molar-refractivity contribution in [3.8, 4) is 0 Å². The maximum absolute atomic E-state index is 12.6. The van der Waals surface area contributed by atoms with Gasteiger partial charge in [0.2, 0.25) is 5.78 Å². The zero-order valence-electron chi connectivity index (χ0n) is 12.4. The quantitative estimate of drug-likeness (QED) is 0.832. The second kappa shape index (κ2) is 6.29. The topological polar surface area (TPSA) is 92.2 Å². The van der Waals surface area contributed by atoms with Crippen molar-refractivity contribution in [2.24, 2.45) is 4.99 Å². The number of benzene rings is 1. The molecule has 0 aliphatic carbocycles. The molecule has 3 rings (SSSR count). The van der Waals surface area contributed by atoms with Crippen LogP contribution in [-0.4, -0.2) is 47.5 Å². The number of aryl methyl sites for hydroxylation is 1. The van der Waals surface area contributed by atoms with Crippen molar-refractivity contribution in [2.45, 2.75) is 11.8 Å². The van der Waals surface area contributed by atoms with Crippen LogP contribution in [0, 0.1) is 6.92 Å². The van der Waals surface area contributed by atoms with E-state index in [4.69, 9.17) is 0 Å². The van der Waals surface area contributed by atoms with Gasteiger partial charge in [-0.05, 0) is 6.92 Å². The summed E-state index contributed by atoms with van der Waals surface area (Å²) in [6.07, 6.45) is 1.19. The zero-order chi connectivity index (χ0) is 16.4. The summed E-state index contributed by atoms with van der Waals surface area (Å²) >= 11 is 1.43. The number of sulfone groups is 1. The number of ketones is 1. The number of aromatic nitrogens is 2. The Morgan fingerprint density at radius 2 is 2.04 bits per heavy atom. The third kappa shape index (κ3) is 3.37. The molecule has 0 radical (unpaired) electrons. The molecule has 6 nitrogen and oxygen atoms in total. The summed E-state index contributed by atoms with van der Waals surface area (Å²) in [5.74, 6) is 0.221. The van der Waals surface area contributed by atoms with Gasteiger partial charge in [0.05, 0.1) is 11.2 Å². The monoisotopic (exact) mass is 349 g/mol. The first kappa shape index (κ1) is 15.9. The molecule has 1 aromatic heterocycles. The van der Waals surface area contributed by atoms with Gasteiger partial charge in [-0.1, -0.05) is 29.8 Å². The largest absolute Gasteiger partial charge is 0.287 e. The normalized spacial score (nSPS) is 14.7. The second-order valence-corrected chi connectivity index (χ2v) is 8.31. The van der Waals surface area contributed by atoms with E-state index in [9.17, 15) is 13.2 Å². The third-order valence-corrected chi connectivity index (χ3v) is 6.25. The first-order valence-corrected chi connectivity index (χ1v) is 9.65. The molecule has 1 aliphatic rings. The molecule has 1 aromatic carbocycles. The van der Waals surface area contributed by atoms with Crippen LogP contribution in [0.3, 0.4) is 0 Å². The van der Waals surface area contributed by atoms with Crippen molar-refractivity contribution in [3.63, 3.8) is 0 Å². The highest BCUT2D eigenvalue weighted by atomic mass is 32.2. The fraction of sp³-hybridized carbons (Fsp3) is 0.267. The van der Waals surface area contributed by atoms with E-state index in [1.54, 1.807) is 12.1 Å². The van der Waals surface area contributed by atoms with E-state index in [1.165, 1.54) is 18.0 Å². The fourth-order valence-electron chi connectivity index (χ4n) is 2.23. The number of carbonyl (C=O) groups is 1. The Labute approximate surface area is 138 Å². The Kier molecular flexibility index (Phi) is 4.36. The molecule has 0 amide bonds. The molecule has 0 saturated carbocycles. The van der Waals surface area contributed by atoms with Crippen LogP contribution in [-0.2, 0) is 9.84 Å². The van der Waals surface area contributed by atoms with Crippen LogP contribution >= 0.6 is 11.8 Å². The summed E-state index contributed by atoms with van der Waals surface area (Å²) in [7, 11) is -3.66.